The highest BCUT2D eigenvalue weighted by Crippen LogP contribution is 2.38. The molecule has 0 radical (unpaired) electrons. The van der Waals surface area contributed by atoms with E-state index in [0.29, 0.717) is 22.6 Å². The van der Waals surface area contributed by atoms with Gasteiger partial charge in [0.25, 0.3) is 0 Å². The molecule has 0 spiro atoms. The molecule has 0 saturated heterocycles. The van der Waals surface area contributed by atoms with Gasteiger partial charge in [-0.25, -0.2) is 4.39 Å². The van der Waals surface area contributed by atoms with E-state index in [-0.39, 0.29) is 10.8 Å². The molecule has 4 nitrogen and oxygen atoms in total. The fourth-order valence-corrected chi connectivity index (χ4v) is 2.34. The van der Waals surface area contributed by atoms with E-state index in [2.05, 4.69) is 10.2 Å². The molecule has 102 valence electrons. The molecule has 0 saturated carbocycles. The average molecular weight is 292 g/mol. The molecule has 0 aliphatic carbocycles. The third kappa shape index (κ3) is 1.87. The van der Waals surface area contributed by atoms with Crippen LogP contribution in [0.4, 0.5) is 10.2 Å². The van der Waals surface area contributed by atoms with E-state index in [1.54, 1.807) is 24.5 Å². The number of hydrogen-bond donors (Lipinski definition) is 2. The third-order valence-electron chi connectivity index (χ3n) is 3.14. The van der Waals surface area contributed by atoms with E-state index in [1.165, 1.54) is 6.07 Å². The van der Waals surface area contributed by atoms with E-state index >= 15 is 0 Å². The Bertz CT molecular complexity index is 779. The number of benzene rings is 1. The van der Waals surface area contributed by atoms with Crippen molar-refractivity contribution in [2.75, 3.05) is 5.73 Å². The molecular formula is C14H11ClFN3O. The lowest BCUT2D eigenvalue weighted by Gasteiger charge is -2.06. The Morgan fingerprint density at radius 2 is 2.10 bits per heavy atom. The van der Waals surface area contributed by atoms with Gasteiger partial charge in [-0.1, -0.05) is 23.7 Å². The average Bonchev–Trinajstić information content (AvgIpc) is 2.99. The van der Waals surface area contributed by atoms with Crippen LogP contribution < -0.4 is 5.73 Å². The maximum absolute atomic E-state index is 14.2. The van der Waals surface area contributed by atoms with Crippen LogP contribution in [0.15, 0.2) is 34.9 Å². The first-order valence-corrected chi connectivity index (χ1v) is 6.30. The number of hydrogen-bond acceptors (Lipinski definition) is 3. The zero-order valence-corrected chi connectivity index (χ0v) is 11.3. The van der Waals surface area contributed by atoms with Crippen LogP contribution >= 0.6 is 11.6 Å². The Kier molecular flexibility index (Phi) is 2.99. The summed E-state index contributed by atoms with van der Waals surface area (Å²) in [7, 11) is 0. The Balaban J connectivity index is 2.27. The highest BCUT2D eigenvalue weighted by Gasteiger charge is 2.21. The first kappa shape index (κ1) is 12.7. The molecule has 0 fully saturated rings. The van der Waals surface area contributed by atoms with Gasteiger partial charge in [0.15, 0.2) is 5.82 Å². The normalized spacial score (nSPS) is 10.9. The predicted molar refractivity (Wildman–Crippen MR) is 75.8 cm³/mol. The first-order chi connectivity index (χ1) is 9.59. The molecule has 1 aromatic carbocycles. The molecule has 3 aromatic rings. The number of halogens is 2. The van der Waals surface area contributed by atoms with E-state index in [4.69, 9.17) is 21.8 Å². The summed E-state index contributed by atoms with van der Waals surface area (Å²) in [6, 6.07) is 6.54. The van der Waals surface area contributed by atoms with Gasteiger partial charge in [0, 0.05) is 11.1 Å². The zero-order valence-electron chi connectivity index (χ0n) is 10.6. The van der Waals surface area contributed by atoms with Crippen LogP contribution in [0.3, 0.4) is 0 Å². The molecule has 2 aromatic heterocycles. The molecule has 20 heavy (non-hydrogen) atoms. The molecule has 0 amide bonds. The Morgan fingerprint density at radius 1 is 1.30 bits per heavy atom. The first-order valence-electron chi connectivity index (χ1n) is 5.92. The van der Waals surface area contributed by atoms with Gasteiger partial charge in [-0.15, -0.1) is 0 Å². The van der Waals surface area contributed by atoms with Gasteiger partial charge >= 0.3 is 0 Å². The number of anilines is 1. The number of aromatic amines is 1. The number of furan rings is 1. The van der Waals surface area contributed by atoms with Crippen molar-refractivity contribution >= 4 is 17.4 Å². The predicted octanol–water partition coefficient (Wildman–Crippen LogP) is 4.02. The standard InChI is InChI=1S/C14H11ClFN3O/c1-7-8(5-6-20-7)13-11(14(17)19-18-13)9-3-2-4-10(15)12(9)16/h2-6H,1H3,(H3,17,18,19). The van der Waals surface area contributed by atoms with Crippen molar-refractivity contribution in [2.24, 2.45) is 0 Å². The van der Waals surface area contributed by atoms with Crippen LogP contribution in [0.5, 0.6) is 0 Å². The summed E-state index contributed by atoms with van der Waals surface area (Å²) in [6.45, 7) is 1.81. The Hall–Kier alpha value is -2.27. The van der Waals surface area contributed by atoms with Gasteiger partial charge in [-0.05, 0) is 19.1 Å². The van der Waals surface area contributed by atoms with E-state index in [1.807, 2.05) is 6.92 Å². The Morgan fingerprint density at radius 3 is 2.80 bits per heavy atom. The van der Waals surface area contributed by atoms with E-state index in [9.17, 15) is 4.39 Å². The lowest BCUT2D eigenvalue weighted by atomic mass is 10.0. The van der Waals surface area contributed by atoms with Gasteiger partial charge in [-0.3, -0.25) is 5.10 Å². The zero-order chi connectivity index (χ0) is 14.3. The molecule has 0 aliphatic rings. The minimum atomic E-state index is -0.523. The molecular weight excluding hydrogens is 281 g/mol. The van der Waals surface area contributed by atoms with Gasteiger partial charge in [0.2, 0.25) is 0 Å². The number of aromatic nitrogens is 2. The van der Waals surface area contributed by atoms with Crippen LogP contribution in [0.2, 0.25) is 5.02 Å². The number of H-pyrrole nitrogens is 1. The quantitative estimate of drug-likeness (QED) is 0.749. The minimum absolute atomic E-state index is 0.0398. The van der Waals surface area contributed by atoms with Gasteiger partial charge in [-0.2, -0.15) is 5.10 Å². The lowest BCUT2D eigenvalue weighted by Crippen LogP contribution is -1.92. The number of nitrogens with two attached hydrogens (primary N) is 1. The maximum Gasteiger partial charge on any atom is 0.153 e. The van der Waals surface area contributed by atoms with Crippen molar-refractivity contribution in [1.29, 1.82) is 0 Å². The molecule has 0 unspecified atom stereocenters. The number of nitrogen functional groups attached to an aromatic ring is 1. The van der Waals surface area contributed by atoms with Crippen LogP contribution in [0.1, 0.15) is 5.76 Å². The van der Waals surface area contributed by atoms with Crippen LogP contribution in [0.25, 0.3) is 22.4 Å². The largest absolute Gasteiger partial charge is 0.469 e. The van der Waals surface area contributed by atoms with Crippen molar-refractivity contribution in [2.45, 2.75) is 6.92 Å². The molecule has 3 rings (SSSR count). The summed E-state index contributed by atoms with van der Waals surface area (Å²) in [4.78, 5) is 0. The highest BCUT2D eigenvalue weighted by atomic mass is 35.5. The summed E-state index contributed by atoms with van der Waals surface area (Å²) in [6.07, 6.45) is 1.56. The fraction of sp³-hybridized carbons (Fsp3) is 0.0714. The van der Waals surface area contributed by atoms with Gasteiger partial charge < -0.3 is 10.2 Å². The maximum atomic E-state index is 14.2. The summed E-state index contributed by atoms with van der Waals surface area (Å²) < 4.78 is 19.5. The second kappa shape index (κ2) is 4.68. The summed E-state index contributed by atoms with van der Waals surface area (Å²) in [5.74, 6) is 0.378. The van der Waals surface area contributed by atoms with Gasteiger partial charge in [0.1, 0.15) is 11.6 Å². The van der Waals surface area contributed by atoms with Crippen LogP contribution in [-0.2, 0) is 0 Å². The second-order valence-corrected chi connectivity index (χ2v) is 4.76. The summed E-state index contributed by atoms with van der Waals surface area (Å²) in [5, 5.41) is 6.82. The van der Waals surface area contributed by atoms with Crippen molar-refractivity contribution in [3.63, 3.8) is 0 Å². The third-order valence-corrected chi connectivity index (χ3v) is 3.44. The fourth-order valence-electron chi connectivity index (χ4n) is 2.16. The smallest absolute Gasteiger partial charge is 0.153 e. The monoisotopic (exact) mass is 291 g/mol. The van der Waals surface area contributed by atoms with Crippen molar-refractivity contribution < 1.29 is 8.81 Å². The molecule has 0 atom stereocenters. The van der Waals surface area contributed by atoms with Crippen LogP contribution in [0, 0.1) is 12.7 Å². The number of nitrogens with one attached hydrogen (secondary N) is 1. The van der Waals surface area contributed by atoms with Crippen molar-refractivity contribution in [1.82, 2.24) is 10.2 Å². The summed E-state index contributed by atoms with van der Waals surface area (Å²) >= 11 is 5.83. The number of nitrogens with zero attached hydrogens (tertiary/aromatic N) is 1. The number of rotatable bonds is 2. The molecule has 2 heterocycles. The molecule has 0 bridgehead atoms. The highest BCUT2D eigenvalue weighted by molar-refractivity contribution is 6.31. The molecule has 6 heteroatoms. The number of aryl methyl sites for hydroxylation is 1. The van der Waals surface area contributed by atoms with E-state index in [0.717, 1.165) is 5.56 Å². The molecule has 3 N–H and O–H groups in total. The van der Waals surface area contributed by atoms with Crippen molar-refractivity contribution in [3.8, 4) is 22.4 Å². The topological polar surface area (TPSA) is 67.8 Å². The van der Waals surface area contributed by atoms with Crippen molar-refractivity contribution in [3.05, 3.63) is 47.1 Å². The van der Waals surface area contributed by atoms with Crippen LogP contribution in [-0.4, -0.2) is 10.2 Å². The second-order valence-electron chi connectivity index (χ2n) is 4.35. The lowest BCUT2D eigenvalue weighted by molar-refractivity contribution is 0.535. The SMILES string of the molecule is Cc1occc1-c1[nH]nc(N)c1-c1cccc(Cl)c1F. The minimum Gasteiger partial charge on any atom is -0.469 e. The summed E-state index contributed by atoms with van der Waals surface area (Å²) in [5.41, 5.74) is 8.04. The molecule has 0 aliphatic heterocycles. The van der Waals surface area contributed by atoms with Gasteiger partial charge in [0.05, 0.1) is 22.5 Å². The Labute approximate surface area is 119 Å². The van der Waals surface area contributed by atoms with E-state index < -0.39 is 5.82 Å².